The van der Waals surface area contributed by atoms with E-state index >= 15 is 0 Å². The molecule has 2 fully saturated rings. The van der Waals surface area contributed by atoms with E-state index < -0.39 is 54.3 Å². The van der Waals surface area contributed by atoms with E-state index in [1.54, 1.807) is 26.8 Å². The minimum Gasteiger partial charge on any atom is -0.490 e. The second kappa shape index (κ2) is 14.5. The number of carbonyl (C=O) groups is 1. The van der Waals surface area contributed by atoms with Crippen molar-refractivity contribution in [3.63, 3.8) is 0 Å². The zero-order valence-electron chi connectivity index (χ0n) is 28.2. The van der Waals surface area contributed by atoms with Gasteiger partial charge in [0.15, 0.2) is 6.29 Å². The monoisotopic (exact) mass is 626 g/mol. The Kier molecular flexibility index (Phi) is 11.4. The van der Waals surface area contributed by atoms with Crippen molar-refractivity contribution in [1.29, 1.82) is 0 Å². The first kappa shape index (κ1) is 35.4. The Bertz CT molecular complexity index is 1250. The first-order valence-electron chi connectivity index (χ1n) is 16.4. The summed E-state index contributed by atoms with van der Waals surface area (Å²) >= 11 is 0. The van der Waals surface area contributed by atoms with Crippen LogP contribution in [0.5, 0.6) is 5.75 Å². The van der Waals surface area contributed by atoms with Gasteiger partial charge in [-0.2, -0.15) is 0 Å². The lowest BCUT2D eigenvalue weighted by Gasteiger charge is -2.61. The molecule has 8 nitrogen and oxygen atoms in total. The van der Waals surface area contributed by atoms with Gasteiger partial charge >= 0.3 is 5.97 Å². The molecule has 0 amide bonds. The Balaban J connectivity index is 1.60. The zero-order valence-corrected chi connectivity index (χ0v) is 28.2. The molecule has 1 saturated heterocycles. The Morgan fingerprint density at radius 1 is 1.07 bits per heavy atom. The highest BCUT2D eigenvalue weighted by Crippen LogP contribution is 2.62. The normalized spacial score (nSPS) is 37.0. The highest BCUT2D eigenvalue weighted by atomic mass is 16.7. The van der Waals surface area contributed by atoms with Crippen LogP contribution < -0.4 is 4.74 Å². The molecule has 8 heteroatoms. The van der Waals surface area contributed by atoms with E-state index in [0.717, 1.165) is 25.0 Å². The summed E-state index contributed by atoms with van der Waals surface area (Å²) in [5.74, 6) is 0.884. The molecular formula is C37H54O8. The predicted molar refractivity (Wildman–Crippen MR) is 173 cm³/mol. The van der Waals surface area contributed by atoms with Crippen molar-refractivity contribution in [2.75, 3.05) is 6.61 Å². The van der Waals surface area contributed by atoms with Crippen LogP contribution in [0.2, 0.25) is 0 Å². The number of aliphatic hydroxyl groups excluding tert-OH is 3. The second-order valence-electron chi connectivity index (χ2n) is 14.2. The van der Waals surface area contributed by atoms with Crippen molar-refractivity contribution in [3.8, 4) is 5.75 Å². The van der Waals surface area contributed by atoms with Crippen molar-refractivity contribution in [3.05, 3.63) is 65.3 Å². The van der Waals surface area contributed by atoms with Gasteiger partial charge in [0.05, 0.1) is 12.2 Å². The number of carbonyl (C=O) groups excluding carboxylic acids is 1. The lowest BCUT2D eigenvalue weighted by Crippen LogP contribution is -2.64. The van der Waals surface area contributed by atoms with Gasteiger partial charge in [-0.1, -0.05) is 62.3 Å². The minimum atomic E-state index is -1.45. The molecule has 0 spiro atoms. The molecular weight excluding hydrogens is 572 g/mol. The molecule has 1 heterocycles. The molecule has 3 aliphatic rings. The molecule has 250 valence electrons. The number of allylic oxidation sites excluding steroid dienone is 4. The maximum atomic E-state index is 13.2. The maximum Gasteiger partial charge on any atom is 0.333 e. The third-order valence-electron chi connectivity index (χ3n) is 10.8. The van der Waals surface area contributed by atoms with Crippen molar-refractivity contribution >= 4 is 5.97 Å². The average molecular weight is 627 g/mol. The van der Waals surface area contributed by atoms with Crippen molar-refractivity contribution in [2.24, 2.45) is 22.7 Å². The number of benzene rings is 1. The SMILES string of the molecule is C/C=C(/C)C(=O)O[C@H]1[C@@H](O[C@@H]2O[C@@H](C)[C@H](O)[C@@H](O)[C@H]2O)C[C@@]2(C)[C@H](CC=C(C)[C@@H]2CC/C(C)=C/COc2ccccc2)C1(C)C. The molecule has 1 aromatic rings. The van der Waals surface area contributed by atoms with Crippen molar-refractivity contribution in [2.45, 2.75) is 124 Å². The maximum absolute atomic E-state index is 13.2. The largest absolute Gasteiger partial charge is 0.490 e. The summed E-state index contributed by atoms with van der Waals surface area (Å²) in [6.07, 6.45) is 2.24. The topological polar surface area (TPSA) is 115 Å². The molecule has 2 aliphatic carbocycles. The smallest absolute Gasteiger partial charge is 0.333 e. The fourth-order valence-electron chi connectivity index (χ4n) is 7.93. The molecule has 10 atom stereocenters. The zero-order chi connectivity index (χ0) is 33.1. The fraction of sp³-hybridized carbons (Fsp3) is 0.649. The number of hydrogen-bond donors (Lipinski definition) is 3. The van der Waals surface area contributed by atoms with Crippen LogP contribution in [0.1, 0.15) is 81.1 Å². The van der Waals surface area contributed by atoms with E-state index in [9.17, 15) is 20.1 Å². The van der Waals surface area contributed by atoms with Gasteiger partial charge < -0.3 is 34.3 Å². The van der Waals surface area contributed by atoms with Crippen LogP contribution in [0.15, 0.2) is 65.3 Å². The van der Waals surface area contributed by atoms with Crippen LogP contribution >= 0.6 is 0 Å². The first-order chi connectivity index (χ1) is 21.2. The van der Waals surface area contributed by atoms with Gasteiger partial charge in [0.2, 0.25) is 0 Å². The van der Waals surface area contributed by atoms with Crippen LogP contribution in [0, 0.1) is 22.7 Å². The van der Waals surface area contributed by atoms with Crippen molar-refractivity contribution in [1.82, 2.24) is 0 Å². The minimum absolute atomic E-state index is 0.191. The van der Waals surface area contributed by atoms with Gasteiger partial charge in [-0.3, -0.25) is 0 Å². The van der Waals surface area contributed by atoms with Gasteiger partial charge in [-0.25, -0.2) is 4.79 Å². The lowest BCUT2D eigenvalue weighted by atomic mass is 9.46. The third-order valence-corrected chi connectivity index (χ3v) is 10.8. The molecule has 1 saturated carbocycles. The summed E-state index contributed by atoms with van der Waals surface area (Å²) in [5, 5.41) is 31.7. The van der Waals surface area contributed by atoms with E-state index in [2.05, 4.69) is 46.8 Å². The van der Waals surface area contributed by atoms with Gasteiger partial charge in [0.25, 0.3) is 0 Å². The van der Waals surface area contributed by atoms with Crippen LogP contribution in [0.4, 0.5) is 0 Å². The van der Waals surface area contributed by atoms with Gasteiger partial charge in [0, 0.05) is 11.0 Å². The molecule has 0 unspecified atom stereocenters. The Morgan fingerprint density at radius 2 is 1.76 bits per heavy atom. The third kappa shape index (κ3) is 7.57. The Morgan fingerprint density at radius 3 is 2.42 bits per heavy atom. The van der Waals surface area contributed by atoms with Crippen molar-refractivity contribution < 1.29 is 39.1 Å². The predicted octanol–water partition coefficient (Wildman–Crippen LogP) is 5.90. The van der Waals surface area contributed by atoms with Gasteiger partial charge in [0.1, 0.15) is 36.8 Å². The molecule has 0 bridgehead atoms. The molecule has 4 rings (SSSR count). The number of para-hydroxylation sites is 1. The summed E-state index contributed by atoms with van der Waals surface area (Å²) < 4.78 is 24.5. The number of ether oxygens (including phenoxy) is 4. The number of hydrogen-bond acceptors (Lipinski definition) is 8. The van der Waals surface area contributed by atoms with E-state index in [1.165, 1.54) is 11.1 Å². The summed E-state index contributed by atoms with van der Waals surface area (Å²) in [7, 11) is 0. The number of fused-ring (bicyclic) bond motifs is 1. The number of esters is 1. The Hall–Kier alpha value is -2.49. The summed E-state index contributed by atoms with van der Waals surface area (Å²) in [6.45, 7) is 16.7. The number of rotatable bonds is 10. The number of aliphatic hydroxyl groups is 3. The van der Waals surface area contributed by atoms with Gasteiger partial charge in [-0.05, 0) is 95.8 Å². The van der Waals surface area contributed by atoms with E-state index in [0.29, 0.717) is 18.6 Å². The quantitative estimate of drug-likeness (QED) is 0.167. The van der Waals surface area contributed by atoms with Crippen LogP contribution in [0.25, 0.3) is 0 Å². The molecule has 3 N–H and O–H groups in total. The first-order valence-corrected chi connectivity index (χ1v) is 16.4. The molecule has 0 aromatic heterocycles. The van der Waals surface area contributed by atoms with E-state index in [4.69, 9.17) is 18.9 Å². The van der Waals surface area contributed by atoms with Crippen LogP contribution in [0.3, 0.4) is 0 Å². The highest BCUT2D eigenvalue weighted by molar-refractivity contribution is 5.87. The average Bonchev–Trinajstić information content (AvgIpc) is 3.00. The fourth-order valence-corrected chi connectivity index (χ4v) is 7.93. The van der Waals surface area contributed by atoms with Gasteiger partial charge in [-0.15, -0.1) is 0 Å². The summed E-state index contributed by atoms with van der Waals surface area (Å²) in [5.41, 5.74) is 2.42. The second-order valence-corrected chi connectivity index (χ2v) is 14.2. The lowest BCUT2D eigenvalue weighted by molar-refractivity contribution is -0.325. The molecule has 45 heavy (non-hydrogen) atoms. The highest BCUT2D eigenvalue weighted by Gasteiger charge is 2.61. The summed E-state index contributed by atoms with van der Waals surface area (Å²) in [6, 6.07) is 9.80. The van der Waals surface area contributed by atoms with E-state index in [1.807, 2.05) is 30.3 Å². The van der Waals surface area contributed by atoms with Crippen LogP contribution in [-0.4, -0.2) is 70.8 Å². The molecule has 1 aliphatic heterocycles. The van der Waals surface area contributed by atoms with E-state index in [-0.39, 0.29) is 17.3 Å². The molecule has 1 aromatic carbocycles. The molecule has 0 radical (unpaired) electrons. The van der Waals surface area contributed by atoms with Crippen LogP contribution in [-0.2, 0) is 19.0 Å². The summed E-state index contributed by atoms with van der Waals surface area (Å²) in [4.78, 5) is 13.2. The Labute approximate surface area is 269 Å². The standard InChI is InChI=1S/C37H54O8/c1-9-23(3)34(41)45-33-28(44-35-32(40)31(39)30(38)25(5)43-35)21-37(8)27(24(4)16-18-29(37)36(33,6)7)17-15-22(2)19-20-42-26-13-11-10-12-14-26/h9-14,16,19,25,27-33,35,38-40H,15,17-18,20-21H2,1-8H3/b22-19+,23-9-/t25-,27-,28-,29+,30-,31+,32+,33-,35-,37+/m0/s1.